The average Bonchev–Trinajstić information content (AvgIpc) is 2.45. The monoisotopic (exact) mass is 290 g/mol. The van der Waals surface area contributed by atoms with E-state index in [9.17, 15) is 4.79 Å². The van der Waals surface area contributed by atoms with E-state index in [4.69, 9.17) is 5.73 Å². The lowest BCUT2D eigenvalue weighted by molar-refractivity contribution is 0.0767. The highest BCUT2D eigenvalue weighted by molar-refractivity contribution is 5.93. The van der Waals surface area contributed by atoms with Crippen molar-refractivity contribution >= 4 is 11.6 Å². The summed E-state index contributed by atoms with van der Waals surface area (Å²) in [6.45, 7) is 11.3. The largest absolute Gasteiger partial charge is 0.368 e. The minimum Gasteiger partial charge on any atom is -0.368 e. The fourth-order valence-electron chi connectivity index (χ4n) is 2.62. The van der Waals surface area contributed by atoms with Crippen LogP contribution in [-0.4, -0.2) is 47.5 Å². The topological polar surface area (TPSA) is 62.5 Å². The molecule has 5 nitrogen and oxygen atoms in total. The lowest BCUT2D eigenvalue weighted by Gasteiger charge is -2.51. The number of anilines is 1. The van der Waals surface area contributed by atoms with Crippen LogP contribution < -0.4 is 10.6 Å². The summed E-state index contributed by atoms with van der Waals surface area (Å²) in [6, 6.07) is 3.82. The first-order valence-electron chi connectivity index (χ1n) is 7.70. The van der Waals surface area contributed by atoms with Crippen LogP contribution in [0.2, 0.25) is 0 Å². The van der Waals surface area contributed by atoms with Gasteiger partial charge in [0.15, 0.2) is 0 Å². The van der Waals surface area contributed by atoms with Crippen molar-refractivity contribution in [2.45, 2.75) is 33.2 Å². The van der Waals surface area contributed by atoms with Crippen LogP contribution in [0.15, 0.2) is 18.3 Å². The second kappa shape index (κ2) is 6.02. The summed E-state index contributed by atoms with van der Waals surface area (Å²) in [6.07, 6.45) is 1.71. The zero-order valence-electron chi connectivity index (χ0n) is 13.5. The van der Waals surface area contributed by atoms with Crippen LogP contribution in [0.3, 0.4) is 0 Å². The van der Waals surface area contributed by atoms with Crippen molar-refractivity contribution in [1.82, 2.24) is 9.88 Å². The van der Waals surface area contributed by atoms with Gasteiger partial charge in [-0.2, -0.15) is 0 Å². The van der Waals surface area contributed by atoms with Crippen molar-refractivity contribution in [3.8, 4) is 0 Å². The van der Waals surface area contributed by atoms with Crippen LogP contribution in [0.25, 0.3) is 0 Å². The number of amides is 1. The molecule has 1 amide bonds. The van der Waals surface area contributed by atoms with Crippen LogP contribution >= 0.6 is 0 Å². The van der Waals surface area contributed by atoms with E-state index in [0.717, 1.165) is 18.8 Å². The number of rotatable bonds is 5. The van der Waals surface area contributed by atoms with E-state index in [-0.39, 0.29) is 11.4 Å². The SMILES string of the molecule is CCN(CC)C(=O)c1cc(N2CC(N)(C(C)C)C2)ccn1. The molecule has 21 heavy (non-hydrogen) atoms. The standard InChI is InChI=1S/C16H26N4O/c1-5-19(6-2)15(21)14-9-13(7-8-18-14)20-10-16(17,11-20)12(3)4/h7-9,12H,5-6,10-11,17H2,1-4H3. The van der Waals surface area contributed by atoms with Crippen molar-refractivity contribution in [3.63, 3.8) is 0 Å². The maximum Gasteiger partial charge on any atom is 0.272 e. The van der Waals surface area contributed by atoms with E-state index in [1.807, 2.05) is 26.0 Å². The van der Waals surface area contributed by atoms with Crippen molar-refractivity contribution in [1.29, 1.82) is 0 Å². The number of pyridine rings is 1. The Morgan fingerprint density at radius 1 is 1.43 bits per heavy atom. The molecule has 0 spiro atoms. The fraction of sp³-hybridized carbons (Fsp3) is 0.625. The summed E-state index contributed by atoms with van der Waals surface area (Å²) in [5.41, 5.74) is 7.75. The molecule has 0 radical (unpaired) electrons. The summed E-state index contributed by atoms with van der Waals surface area (Å²) in [5, 5.41) is 0. The number of nitrogens with two attached hydrogens (primary N) is 1. The molecule has 116 valence electrons. The van der Waals surface area contributed by atoms with Gasteiger partial charge in [0, 0.05) is 38.1 Å². The van der Waals surface area contributed by atoms with E-state index in [1.165, 1.54) is 0 Å². The quantitative estimate of drug-likeness (QED) is 0.897. The molecule has 0 bridgehead atoms. The van der Waals surface area contributed by atoms with Crippen molar-refractivity contribution in [2.75, 3.05) is 31.1 Å². The Labute approximate surface area is 127 Å². The number of carbonyl (C=O) groups excluding carboxylic acids is 1. The summed E-state index contributed by atoms with van der Waals surface area (Å²) in [5.74, 6) is 0.442. The van der Waals surface area contributed by atoms with Gasteiger partial charge in [-0.25, -0.2) is 0 Å². The van der Waals surface area contributed by atoms with E-state index >= 15 is 0 Å². The van der Waals surface area contributed by atoms with Gasteiger partial charge in [0.25, 0.3) is 5.91 Å². The summed E-state index contributed by atoms with van der Waals surface area (Å²) in [4.78, 5) is 20.6. The third kappa shape index (κ3) is 3.02. The molecule has 0 atom stereocenters. The first kappa shape index (κ1) is 15.8. The molecule has 1 aromatic rings. The molecule has 0 aromatic carbocycles. The van der Waals surface area contributed by atoms with Crippen LogP contribution in [-0.2, 0) is 0 Å². The molecule has 1 fully saturated rings. The van der Waals surface area contributed by atoms with Crippen LogP contribution in [0.5, 0.6) is 0 Å². The Morgan fingerprint density at radius 3 is 2.57 bits per heavy atom. The molecule has 2 rings (SSSR count). The molecule has 1 aliphatic heterocycles. The van der Waals surface area contributed by atoms with Gasteiger partial charge in [0.05, 0.1) is 5.54 Å². The van der Waals surface area contributed by atoms with Crippen LogP contribution in [0.4, 0.5) is 5.69 Å². The summed E-state index contributed by atoms with van der Waals surface area (Å²) in [7, 11) is 0. The predicted molar refractivity (Wildman–Crippen MR) is 85.5 cm³/mol. The summed E-state index contributed by atoms with van der Waals surface area (Å²) >= 11 is 0. The van der Waals surface area contributed by atoms with E-state index in [1.54, 1.807) is 11.1 Å². The number of nitrogens with zero attached hydrogens (tertiary/aromatic N) is 3. The number of hydrogen-bond donors (Lipinski definition) is 1. The van der Waals surface area contributed by atoms with Crippen molar-refractivity contribution in [2.24, 2.45) is 11.7 Å². The minimum absolute atomic E-state index is 0.00903. The zero-order valence-corrected chi connectivity index (χ0v) is 13.5. The third-order valence-electron chi connectivity index (χ3n) is 4.50. The molecule has 1 saturated heterocycles. The Kier molecular flexibility index (Phi) is 4.52. The molecule has 2 N–H and O–H groups in total. The zero-order chi connectivity index (χ0) is 15.6. The molecule has 5 heteroatoms. The van der Waals surface area contributed by atoms with Crippen molar-refractivity contribution in [3.05, 3.63) is 24.0 Å². The Balaban J connectivity index is 2.11. The highest BCUT2D eigenvalue weighted by atomic mass is 16.2. The fourth-order valence-corrected chi connectivity index (χ4v) is 2.62. The van der Waals surface area contributed by atoms with Crippen LogP contribution in [0.1, 0.15) is 38.2 Å². The van der Waals surface area contributed by atoms with Gasteiger partial charge in [-0.1, -0.05) is 13.8 Å². The van der Waals surface area contributed by atoms with E-state index in [0.29, 0.717) is 24.7 Å². The van der Waals surface area contributed by atoms with Gasteiger partial charge in [-0.3, -0.25) is 9.78 Å². The predicted octanol–water partition coefficient (Wildman–Crippen LogP) is 1.74. The van der Waals surface area contributed by atoms with Gasteiger partial charge < -0.3 is 15.5 Å². The molecular weight excluding hydrogens is 264 g/mol. The van der Waals surface area contributed by atoms with Gasteiger partial charge in [-0.15, -0.1) is 0 Å². The van der Waals surface area contributed by atoms with Gasteiger partial charge in [0.1, 0.15) is 5.69 Å². The number of carbonyl (C=O) groups is 1. The van der Waals surface area contributed by atoms with Gasteiger partial charge in [-0.05, 0) is 31.9 Å². The lowest BCUT2D eigenvalue weighted by Crippen LogP contribution is -2.70. The van der Waals surface area contributed by atoms with Gasteiger partial charge in [0.2, 0.25) is 0 Å². The van der Waals surface area contributed by atoms with Crippen LogP contribution in [0, 0.1) is 5.92 Å². The average molecular weight is 290 g/mol. The van der Waals surface area contributed by atoms with E-state index < -0.39 is 0 Å². The first-order valence-corrected chi connectivity index (χ1v) is 7.70. The molecule has 1 aliphatic rings. The molecule has 0 saturated carbocycles. The number of hydrogen-bond acceptors (Lipinski definition) is 4. The maximum absolute atomic E-state index is 12.3. The Bertz CT molecular complexity index is 505. The van der Waals surface area contributed by atoms with Gasteiger partial charge >= 0.3 is 0 Å². The smallest absolute Gasteiger partial charge is 0.272 e. The molecule has 1 aromatic heterocycles. The summed E-state index contributed by atoms with van der Waals surface area (Å²) < 4.78 is 0. The lowest BCUT2D eigenvalue weighted by atomic mass is 9.80. The minimum atomic E-state index is -0.119. The highest BCUT2D eigenvalue weighted by Crippen LogP contribution is 2.31. The Morgan fingerprint density at radius 2 is 2.05 bits per heavy atom. The molecule has 2 heterocycles. The molecule has 0 unspecified atom stereocenters. The van der Waals surface area contributed by atoms with E-state index in [2.05, 4.69) is 23.7 Å². The first-order chi connectivity index (χ1) is 9.91. The maximum atomic E-state index is 12.3. The van der Waals surface area contributed by atoms with Crippen molar-refractivity contribution < 1.29 is 4.79 Å². The number of aromatic nitrogens is 1. The Hall–Kier alpha value is -1.62. The highest BCUT2D eigenvalue weighted by Gasteiger charge is 2.42. The second-order valence-corrected chi connectivity index (χ2v) is 6.12. The second-order valence-electron chi connectivity index (χ2n) is 6.12. The molecular formula is C16H26N4O. The normalized spacial score (nSPS) is 16.8. The molecule has 0 aliphatic carbocycles. The third-order valence-corrected chi connectivity index (χ3v) is 4.50.